The van der Waals surface area contributed by atoms with E-state index in [9.17, 15) is 4.79 Å². The van der Waals surface area contributed by atoms with E-state index in [1.807, 2.05) is 29.2 Å². The highest BCUT2D eigenvalue weighted by Crippen LogP contribution is 2.24. The molecule has 0 atom stereocenters. The number of hydrogen-bond acceptors (Lipinski definition) is 5. The van der Waals surface area contributed by atoms with Crippen molar-refractivity contribution in [2.45, 2.75) is 18.9 Å². The first-order chi connectivity index (χ1) is 13.7. The normalized spacial score (nSPS) is 19.0. The number of aromatic amines is 1. The predicted molar refractivity (Wildman–Crippen MR) is 107 cm³/mol. The third-order valence-electron chi connectivity index (χ3n) is 5.71. The van der Waals surface area contributed by atoms with E-state index >= 15 is 0 Å². The number of morpholine rings is 1. The quantitative estimate of drug-likeness (QED) is 0.823. The second kappa shape index (κ2) is 8.94. The van der Waals surface area contributed by atoms with Crippen LogP contribution in [0, 0.1) is 0 Å². The van der Waals surface area contributed by atoms with Crippen LogP contribution in [0.4, 0.5) is 0 Å². The molecule has 1 aromatic heterocycles. The Balaban J connectivity index is 1.52. The maximum absolute atomic E-state index is 13.4. The number of benzene rings is 1. The van der Waals surface area contributed by atoms with Crippen molar-refractivity contribution in [2.24, 2.45) is 0 Å². The molecule has 0 saturated carbocycles. The van der Waals surface area contributed by atoms with Crippen molar-refractivity contribution in [1.82, 2.24) is 14.8 Å². The van der Waals surface area contributed by atoms with Crippen LogP contribution in [0.15, 0.2) is 24.3 Å². The second-order valence-electron chi connectivity index (χ2n) is 7.43. The highest BCUT2D eigenvalue weighted by atomic mass is 16.5. The zero-order valence-corrected chi connectivity index (χ0v) is 16.5. The van der Waals surface area contributed by atoms with Gasteiger partial charge in [-0.1, -0.05) is 0 Å². The molecule has 0 bridgehead atoms. The minimum atomic E-state index is 0.0651. The van der Waals surface area contributed by atoms with Crippen molar-refractivity contribution in [3.8, 4) is 5.75 Å². The standard InChI is InChI=1S/C21H29N3O4/c1-26-18-2-3-19-16(14-18)15-20(22-19)21(25)24(17-4-10-27-11-5-17)7-6-23-8-12-28-13-9-23/h2-3,14-15,17,22H,4-13H2,1H3. The van der Waals surface area contributed by atoms with E-state index < -0.39 is 0 Å². The fraction of sp³-hybridized carbons (Fsp3) is 0.571. The van der Waals surface area contributed by atoms with E-state index in [0.29, 0.717) is 5.69 Å². The molecule has 0 radical (unpaired) electrons. The average Bonchev–Trinajstić information content (AvgIpc) is 3.18. The van der Waals surface area contributed by atoms with E-state index in [1.54, 1.807) is 7.11 Å². The number of rotatable bonds is 6. The van der Waals surface area contributed by atoms with Crippen LogP contribution in [0.2, 0.25) is 0 Å². The average molecular weight is 387 g/mol. The SMILES string of the molecule is COc1ccc2[nH]c(C(=O)N(CCN3CCOCC3)C3CCOCC3)cc2c1. The summed E-state index contributed by atoms with van der Waals surface area (Å²) in [6, 6.07) is 7.97. The lowest BCUT2D eigenvalue weighted by molar-refractivity contribution is 0.0139. The number of aromatic nitrogens is 1. The number of carbonyl (C=O) groups is 1. The Morgan fingerprint density at radius 2 is 1.93 bits per heavy atom. The Morgan fingerprint density at radius 1 is 1.18 bits per heavy atom. The van der Waals surface area contributed by atoms with Gasteiger partial charge < -0.3 is 24.1 Å². The molecule has 2 aromatic rings. The number of H-pyrrole nitrogens is 1. The molecule has 28 heavy (non-hydrogen) atoms. The predicted octanol–water partition coefficient (Wildman–Crippen LogP) is 2.13. The highest BCUT2D eigenvalue weighted by molar-refractivity contribution is 5.98. The summed E-state index contributed by atoms with van der Waals surface area (Å²) in [4.78, 5) is 21.1. The van der Waals surface area contributed by atoms with Crippen molar-refractivity contribution in [3.63, 3.8) is 0 Å². The van der Waals surface area contributed by atoms with E-state index in [1.165, 1.54) is 0 Å². The van der Waals surface area contributed by atoms with Gasteiger partial charge >= 0.3 is 0 Å². The Labute approximate surface area is 165 Å². The molecule has 1 aromatic carbocycles. The molecular weight excluding hydrogens is 358 g/mol. The molecule has 1 N–H and O–H groups in total. The third-order valence-corrected chi connectivity index (χ3v) is 5.71. The van der Waals surface area contributed by atoms with E-state index in [4.69, 9.17) is 14.2 Å². The fourth-order valence-electron chi connectivity index (χ4n) is 4.03. The van der Waals surface area contributed by atoms with Crippen LogP contribution in [-0.4, -0.2) is 86.4 Å². The zero-order valence-electron chi connectivity index (χ0n) is 16.5. The van der Waals surface area contributed by atoms with Gasteiger partial charge in [-0.05, 0) is 37.1 Å². The summed E-state index contributed by atoms with van der Waals surface area (Å²) < 4.78 is 16.3. The lowest BCUT2D eigenvalue weighted by Crippen LogP contribution is -2.48. The maximum Gasteiger partial charge on any atom is 0.270 e. The summed E-state index contributed by atoms with van der Waals surface area (Å²) in [6.07, 6.45) is 1.78. The zero-order chi connectivity index (χ0) is 19.3. The lowest BCUT2D eigenvalue weighted by atomic mass is 10.1. The molecule has 3 heterocycles. The summed E-state index contributed by atoms with van der Waals surface area (Å²) in [5, 5.41) is 0.989. The van der Waals surface area contributed by atoms with Gasteiger partial charge in [0.1, 0.15) is 11.4 Å². The molecule has 2 aliphatic heterocycles. The van der Waals surface area contributed by atoms with Gasteiger partial charge in [-0.25, -0.2) is 0 Å². The van der Waals surface area contributed by atoms with Crippen molar-refractivity contribution in [2.75, 3.05) is 59.7 Å². The second-order valence-corrected chi connectivity index (χ2v) is 7.43. The van der Waals surface area contributed by atoms with Gasteiger partial charge in [-0.2, -0.15) is 0 Å². The number of ether oxygens (including phenoxy) is 3. The molecular formula is C21H29N3O4. The number of amides is 1. The minimum absolute atomic E-state index is 0.0651. The molecule has 0 aliphatic carbocycles. The van der Waals surface area contributed by atoms with Crippen LogP contribution in [0.5, 0.6) is 5.75 Å². The first-order valence-electron chi connectivity index (χ1n) is 10.1. The van der Waals surface area contributed by atoms with Crippen LogP contribution in [0.1, 0.15) is 23.3 Å². The largest absolute Gasteiger partial charge is 0.497 e. The molecule has 2 fully saturated rings. The van der Waals surface area contributed by atoms with Crippen LogP contribution in [0.25, 0.3) is 10.9 Å². The molecule has 0 spiro atoms. The molecule has 7 heteroatoms. The van der Waals surface area contributed by atoms with Crippen molar-refractivity contribution in [1.29, 1.82) is 0 Å². The van der Waals surface area contributed by atoms with E-state index in [2.05, 4.69) is 9.88 Å². The maximum atomic E-state index is 13.4. The van der Waals surface area contributed by atoms with Crippen LogP contribution in [0.3, 0.4) is 0 Å². The molecule has 2 aliphatic rings. The number of nitrogens with zero attached hydrogens (tertiary/aromatic N) is 2. The molecule has 7 nitrogen and oxygen atoms in total. The lowest BCUT2D eigenvalue weighted by Gasteiger charge is -2.36. The van der Waals surface area contributed by atoms with E-state index in [0.717, 1.165) is 82.1 Å². The van der Waals surface area contributed by atoms with E-state index in [-0.39, 0.29) is 11.9 Å². The fourth-order valence-corrected chi connectivity index (χ4v) is 4.03. The van der Waals surface area contributed by atoms with Crippen LogP contribution < -0.4 is 4.74 Å². The molecule has 0 unspecified atom stereocenters. The summed E-state index contributed by atoms with van der Waals surface area (Å²) in [6.45, 7) is 6.45. The van der Waals surface area contributed by atoms with Gasteiger partial charge in [0, 0.05) is 56.3 Å². The topological polar surface area (TPSA) is 67.0 Å². The number of hydrogen-bond donors (Lipinski definition) is 1. The van der Waals surface area contributed by atoms with Gasteiger partial charge in [0.05, 0.1) is 20.3 Å². The van der Waals surface area contributed by atoms with Gasteiger partial charge in [0.25, 0.3) is 5.91 Å². The molecule has 2 saturated heterocycles. The third kappa shape index (κ3) is 4.32. The highest BCUT2D eigenvalue weighted by Gasteiger charge is 2.28. The van der Waals surface area contributed by atoms with Crippen molar-refractivity contribution >= 4 is 16.8 Å². The number of nitrogens with one attached hydrogen (secondary N) is 1. The van der Waals surface area contributed by atoms with Gasteiger partial charge in [0.2, 0.25) is 0 Å². The summed E-state index contributed by atoms with van der Waals surface area (Å²) in [5.41, 5.74) is 1.58. The smallest absolute Gasteiger partial charge is 0.270 e. The molecule has 152 valence electrons. The summed E-state index contributed by atoms with van der Waals surface area (Å²) in [7, 11) is 1.65. The van der Waals surface area contributed by atoms with Gasteiger partial charge in [0.15, 0.2) is 0 Å². The summed E-state index contributed by atoms with van der Waals surface area (Å²) >= 11 is 0. The monoisotopic (exact) mass is 387 g/mol. The number of fused-ring (bicyclic) bond motifs is 1. The van der Waals surface area contributed by atoms with Crippen molar-refractivity contribution < 1.29 is 19.0 Å². The Kier molecular flexibility index (Phi) is 6.14. The summed E-state index contributed by atoms with van der Waals surface area (Å²) in [5.74, 6) is 0.856. The Bertz CT molecular complexity index is 794. The van der Waals surface area contributed by atoms with Crippen molar-refractivity contribution in [3.05, 3.63) is 30.0 Å². The first kappa shape index (κ1) is 19.2. The number of carbonyl (C=O) groups excluding carboxylic acids is 1. The minimum Gasteiger partial charge on any atom is -0.497 e. The Morgan fingerprint density at radius 3 is 2.68 bits per heavy atom. The number of methoxy groups -OCH3 is 1. The van der Waals surface area contributed by atoms with Gasteiger partial charge in [-0.3, -0.25) is 9.69 Å². The molecule has 1 amide bonds. The first-order valence-corrected chi connectivity index (χ1v) is 10.1. The Hall–Kier alpha value is -2.09. The van der Waals surface area contributed by atoms with Gasteiger partial charge in [-0.15, -0.1) is 0 Å². The van der Waals surface area contributed by atoms with Crippen LogP contribution in [-0.2, 0) is 9.47 Å². The van der Waals surface area contributed by atoms with Crippen LogP contribution >= 0.6 is 0 Å². The molecule has 4 rings (SSSR count).